The Morgan fingerprint density at radius 3 is 2.53 bits per heavy atom. The fourth-order valence-electron chi connectivity index (χ4n) is 4.69. The van der Waals surface area contributed by atoms with Gasteiger partial charge in [-0.1, -0.05) is 6.42 Å². The highest BCUT2D eigenvalue weighted by molar-refractivity contribution is 7.91. The van der Waals surface area contributed by atoms with Crippen molar-refractivity contribution in [3.05, 3.63) is 29.8 Å². The van der Waals surface area contributed by atoms with Crippen molar-refractivity contribution in [2.75, 3.05) is 36.0 Å². The van der Waals surface area contributed by atoms with Gasteiger partial charge >= 0.3 is 0 Å². The lowest BCUT2D eigenvalue weighted by molar-refractivity contribution is -0.127. The second-order valence-electron chi connectivity index (χ2n) is 8.36. The van der Waals surface area contributed by atoms with Crippen LogP contribution in [0.2, 0.25) is 0 Å². The second kappa shape index (κ2) is 8.22. The summed E-state index contributed by atoms with van der Waals surface area (Å²) in [5.41, 5.74) is -0.0636. The molecule has 3 fully saturated rings. The van der Waals surface area contributed by atoms with Gasteiger partial charge in [-0.3, -0.25) is 14.5 Å². The zero-order valence-electron chi connectivity index (χ0n) is 16.5. The number of rotatable bonds is 4. The summed E-state index contributed by atoms with van der Waals surface area (Å²) in [5, 5.41) is 2.85. The molecular weight excluding hydrogens is 416 g/mol. The molecule has 2 amide bonds. The van der Waals surface area contributed by atoms with E-state index in [4.69, 9.17) is 0 Å². The van der Waals surface area contributed by atoms with Crippen LogP contribution in [-0.2, 0) is 19.4 Å². The quantitative estimate of drug-likeness (QED) is 0.756. The maximum Gasteiger partial charge on any atom is 0.227 e. The number of likely N-dealkylation sites (tertiary alicyclic amines) is 1. The van der Waals surface area contributed by atoms with Crippen LogP contribution >= 0.6 is 0 Å². The molecule has 1 aromatic carbocycles. The highest BCUT2D eigenvalue weighted by Crippen LogP contribution is 2.29. The van der Waals surface area contributed by atoms with E-state index in [1.165, 1.54) is 6.07 Å². The summed E-state index contributed by atoms with van der Waals surface area (Å²) in [7, 11) is -3.26. The Morgan fingerprint density at radius 2 is 1.83 bits per heavy atom. The third-order valence-electron chi connectivity index (χ3n) is 6.21. The van der Waals surface area contributed by atoms with Crippen LogP contribution in [0.25, 0.3) is 0 Å². The van der Waals surface area contributed by atoms with E-state index in [-0.39, 0.29) is 36.2 Å². The van der Waals surface area contributed by atoms with Gasteiger partial charge in [0.15, 0.2) is 9.84 Å². The largest absolute Gasteiger partial charge is 0.350 e. The maximum absolute atomic E-state index is 14.1. The predicted octanol–water partition coefficient (Wildman–Crippen LogP) is 1.09. The highest BCUT2D eigenvalue weighted by Gasteiger charge is 2.44. The van der Waals surface area contributed by atoms with Gasteiger partial charge in [0.2, 0.25) is 11.8 Å². The van der Waals surface area contributed by atoms with E-state index < -0.39 is 45.2 Å². The Balaban J connectivity index is 1.44. The average molecular weight is 442 g/mol. The third-order valence-corrected chi connectivity index (χ3v) is 7.92. The van der Waals surface area contributed by atoms with Gasteiger partial charge in [-0.25, -0.2) is 17.2 Å². The molecule has 3 heterocycles. The van der Waals surface area contributed by atoms with Crippen LogP contribution in [0.15, 0.2) is 18.2 Å². The number of halogens is 2. The Kier molecular flexibility index (Phi) is 5.80. The van der Waals surface area contributed by atoms with Gasteiger partial charge in [0.05, 0.1) is 29.2 Å². The first-order valence-corrected chi connectivity index (χ1v) is 12.1. The summed E-state index contributed by atoms with van der Waals surface area (Å²) >= 11 is 0. The fraction of sp³-hybridized carbons (Fsp3) is 0.600. The van der Waals surface area contributed by atoms with Gasteiger partial charge in [0.1, 0.15) is 11.6 Å². The molecule has 0 aliphatic carbocycles. The first-order chi connectivity index (χ1) is 14.2. The summed E-state index contributed by atoms with van der Waals surface area (Å²) in [6, 6.07) is 2.15. The van der Waals surface area contributed by atoms with Crippen LogP contribution in [0.5, 0.6) is 0 Å². The molecule has 164 valence electrons. The molecule has 1 aromatic rings. The molecule has 1 N–H and O–H groups in total. The zero-order valence-corrected chi connectivity index (χ0v) is 17.3. The van der Waals surface area contributed by atoms with Gasteiger partial charge in [-0.2, -0.15) is 0 Å². The second-order valence-corrected chi connectivity index (χ2v) is 10.5. The first kappa shape index (κ1) is 21.2. The van der Waals surface area contributed by atoms with Crippen LogP contribution in [0.1, 0.15) is 25.7 Å². The molecule has 3 aliphatic rings. The Labute approximate surface area is 174 Å². The summed E-state index contributed by atoms with van der Waals surface area (Å²) < 4.78 is 51.7. The SMILES string of the molecule is O=C(NC1CS(=O)(=O)CC1N1CCCCC1)C1CC(=O)N(c2ccc(F)cc2F)C1. The monoisotopic (exact) mass is 441 g/mol. The molecule has 3 atom stereocenters. The van der Waals surface area contributed by atoms with Gasteiger partial charge in [-0.05, 0) is 38.1 Å². The van der Waals surface area contributed by atoms with Gasteiger partial charge in [0, 0.05) is 25.1 Å². The van der Waals surface area contributed by atoms with Crippen LogP contribution in [0.4, 0.5) is 14.5 Å². The standard InChI is InChI=1S/C20H25F2N3O4S/c21-14-4-5-17(15(22)9-14)25-10-13(8-19(25)26)20(27)23-16-11-30(28,29)12-18(16)24-6-2-1-3-7-24/h4-5,9,13,16,18H,1-3,6-8,10-12H2,(H,23,27). The normalized spacial score (nSPS) is 29.3. The number of nitrogens with zero attached hydrogens (tertiary/aromatic N) is 2. The van der Waals surface area contributed by atoms with Crippen LogP contribution in [0.3, 0.4) is 0 Å². The van der Waals surface area contributed by atoms with Gasteiger partial charge < -0.3 is 10.2 Å². The lowest BCUT2D eigenvalue weighted by atomic mass is 10.0. The van der Waals surface area contributed by atoms with E-state index in [0.29, 0.717) is 6.07 Å². The van der Waals surface area contributed by atoms with E-state index in [1.54, 1.807) is 0 Å². The molecule has 3 aliphatic heterocycles. The number of piperidine rings is 1. The molecule has 0 bridgehead atoms. The van der Waals surface area contributed by atoms with Crippen molar-refractivity contribution in [1.82, 2.24) is 10.2 Å². The molecule has 0 saturated carbocycles. The number of benzene rings is 1. The Hall–Kier alpha value is -2.07. The molecular formula is C20H25F2N3O4S. The minimum absolute atomic E-state index is 0.0223. The molecule has 10 heteroatoms. The molecule has 7 nitrogen and oxygen atoms in total. The molecule has 0 aromatic heterocycles. The average Bonchev–Trinajstić information content (AvgIpc) is 3.22. The minimum atomic E-state index is -3.26. The number of nitrogens with one attached hydrogen (secondary N) is 1. The summed E-state index contributed by atoms with van der Waals surface area (Å²) in [6.45, 7) is 1.60. The molecule has 0 radical (unpaired) electrons. The highest BCUT2D eigenvalue weighted by atomic mass is 32.2. The van der Waals surface area contributed by atoms with E-state index in [0.717, 1.165) is 43.3 Å². The predicted molar refractivity (Wildman–Crippen MR) is 107 cm³/mol. The minimum Gasteiger partial charge on any atom is -0.350 e. The summed E-state index contributed by atoms with van der Waals surface area (Å²) in [4.78, 5) is 28.5. The first-order valence-electron chi connectivity index (χ1n) is 10.2. The van der Waals surface area contributed by atoms with Crippen LogP contribution in [-0.4, -0.2) is 68.4 Å². The smallest absolute Gasteiger partial charge is 0.227 e. The van der Waals surface area contributed by atoms with Crippen molar-refractivity contribution < 1.29 is 26.8 Å². The molecule has 3 saturated heterocycles. The van der Waals surface area contributed by atoms with Crippen molar-refractivity contribution in [2.24, 2.45) is 5.92 Å². The number of carbonyl (C=O) groups excluding carboxylic acids is 2. The number of amides is 2. The lowest BCUT2D eigenvalue weighted by Gasteiger charge is -2.35. The van der Waals surface area contributed by atoms with Gasteiger partial charge in [0.25, 0.3) is 0 Å². The fourth-order valence-corrected chi connectivity index (χ4v) is 6.65. The van der Waals surface area contributed by atoms with E-state index >= 15 is 0 Å². The molecule has 4 rings (SSSR count). The van der Waals surface area contributed by atoms with Crippen molar-refractivity contribution >= 4 is 27.3 Å². The van der Waals surface area contributed by atoms with Crippen molar-refractivity contribution in [2.45, 2.75) is 37.8 Å². The molecule has 0 spiro atoms. The van der Waals surface area contributed by atoms with Crippen LogP contribution < -0.4 is 10.2 Å². The maximum atomic E-state index is 14.1. The summed E-state index contributed by atoms with van der Waals surface area (Å²) in [6.07, 6.45) is 3.03. The van der Waals surface area contributed by atoms with E-state index in [2.05, 4.69) is 10.2 Å². The van der Waals surface area contributed by atoms with Crippen LogP contribution in [0, 0.1) is 17.6 Å². The number of sulfone groups is 1. The number of carbonyl (C=O) groups is 2. The third kappa shape index (κ3) is 4.34. The van der Waals surface area contributed by atoms with Crippen molar-refractivity contribution in [3.8, 4) is 0 Å². The van der Waals surface area contributed by atoms with Crippen molar-refractivity contribution in [3.63, 3.8) is 0 Å². The topological polar surface area (TPSA) is 86.8 Å². The van der Waals surface area contributed by atoms with E-state index in [1.807, 2.05) is 0 Å². The molecule has 30 heavy (non-hydrogen) atoms. The van der Waals surface area contributed by atoms with Gasteiger partial charge in [-0.15, -0.1) is 0 Å². The van der Waals surface area contributed by atoms with Crippen molar-refractivity contribution in [1.29, 1.82) is 0 Å². The summed E-state index contributed by atoms with van der Waals surface area (Å²) in [5.74, 6) is -3.25. The Morgan fingerprint density at radius 1 is 1.10 bits per heavy atom. The number of anilines is 1. The Bertz CT molecular complexity index is 949. The molecule has 3 unspecified atom stereocenters. The number of hydrogen-bond donors (Lipinski definition) is 1. The van der Waals surface area contributed by atoms with E-state index in [9.17, 15) is 26.8 Å². The lowest BCUT2D eigenvalue weighted by Crippen LogP contribution is -2.53. The number of hydrogen-bond acceptors (Lipinski definition) is 5. The zero-order chi connectivity index (χ0) is 21.5.